The van der Waals surface area contributed by atoms with E-state index in [0.29, 0.717) is 12.6 Å². The first-order valence-corrected chi connectivity index (χ1v) is 7.58. The summed E-state index contributed by atoms with van der Waals surface area (Å²) >= 11 is 0. The summed E-state index contributed by atoms with van der Waals surface area (Å²) in [6, 6.07) is 1.96. The van der Waals surface area contributed by atoms with E-state index in [1.54, 1.807) is 18.6 Å². The third kappa shape index (κ3) is 3.41. The number of hydrogen-bond acceptors (Lipinski definition) is 4. The van der Waals surface area contributed by atoms with Crippen LogP contribution in [0.4, 0.5) is 10.6 Å². The topological polar surface area (TPSA) is 84.7 Å². The zero-order chi connectivity index (χ0) is 15.4. The molecule has 3 rings (SSSR count). The summed E-state index contributed by atoms with van der Waals surface area (Å²) in [5.41, 5.74) is 1.58. The van der Waals surface area contributed by atoms with Crippen molar-refractivity contribution in [3.05, 3.63) is 36.0 Å². The van der Waals surface area contributed by atoms with Gasteiger partial charge >= 0.3 is 6.03 Å². The van der Waals surface area contributed by atoms with Crippen molar-refractivity contribution in [2.24, 2.45) is 0 Å². The highest BCUT2D eigenvalue weighted by Crippen LogP contribution is 2.31. The van der Waals surface area contributed by atoms with Crippen LogP contribution < -0.4 is 10.6 Å². The van der Waals surface area contributed by atoms with Gasteiger partial charge in [0.05, 0.1) is 36.4 Å². The fraction of sp³-hybridized carbons (Fsp3) is 0.467. The van der Waals surface area contributed by atoms with Crippen molar-refractivity contribution in [2.45, 2.75) is 45.2 Å². The highest BCUT2D eigenvalue weighted by Gasteiger charge is 2.20. The molecule has 1 saturated carbocycles. The van der Waals surface area contributed by atoms with Gasteiger partial charge in [-0.25, -0.2) is 9.48 Å². The van der Waals surface area contributed by atoms with E-state index in [4.69, 9.17) is 0 Å². The van der Waals surface area contributed by atoms with Crippen molar-refractivity contribution >= 4 is 11.8 Å². The molecule has 0 aromatic carbocycles. The number of amides is 2. The Morgan fingerprint density at radius 3 is 2.86 bits per heavy atom. The second-order valence-electron chi connectivity index (χ2n) is 5.56. The third-order valence-electron chi connectivity index (χ3n) is 3.85. The summed E-state index contributed by atoms with van der Waals surface area (Å²) in [6.45, 7) is 2.22. The summed E-state index contributed by atoms with van der Waals surface area (Å²) in [5.74, 6) is 0.736. The molecule has 0 atom stereocenters. The average molecular weight is 300 g/mol. The Labute approximate surface area is 129 Å². The van der Waals surface area contributed by atoms with Crippen molar-refractivity contribution in [2.75, 3.05) is 5.32 Å². The molecular weight excluding hydrogens is 280 g/mol. The molecule has 116 valence electrons. The number of carbonyl (C=O) groups is 1. The predicted octanol–water partition coefficient (Wildman–Crippen LogP) is 2.42. The van der Waals surface area contributed by atoms with Crippen molar-refractivity contribution in [1.82, 2.24) is 25.1 Å². The van der Waals surface area contributed by atoms with Crippen LogP contribution in [0.25, 0.3) is 0 Å². The molecule has 0 saturated heterocycles. The Hall–Kier alpha value is -2.44. The monoisotopic (exact) mass is 300 g/mol. The van der Waals surface area contributed by atoms with Crippen LogP contribution in [0.1, 0.15) is 43.1 Å². The number of hydrogen-bond donors (Lipinski definition) is 2. The second-order valence-corrected chi connectivity index (χ2v) is 5.56. The lowest BCUT2D eigenvalue weighted by molar-refractivity contribution is 0.251. The minimum absolute atomic E-state index is 0.262. The van der Waals surface area contributed by atoms with Crippen LogP contribution in [0.5, 0.6) is 0 Å². The Balaban J connectivity index is 1.55. The fourth-order valence-electron chi connectivity index (χ4n) is 2.70. The molecule has 22 heavy (non-hydrogen) atoms. The molecule has 0 unspecified atom stereocenters. The van der Waals surface area contributed by atoms with E-state index in [-0.39, 0.29) is 6.03 Å². The number of carbonyl (C=O) groups excluding carboxylic acids is 1. The first-order valence-electron chi connectivity index (χ1n) is 7.58. The van der Waals surface area contributed by atoms with E-state index in [1.165, 1.54) is 12.8 Å². The summed E-state index contributed by atoms with van der Waals surface area (Å²) in [5, 5.41) is 9.96. The zero-order valence-electron chi connectivity index (χ0n) is 12.6. The number of aromatic nitrogens is 4. The fourth-order valence-corrected chi connectivity index (χ4v) is 2.70. The molecule has 1 aliphatic carbocycles. The summed E-state index contributed by atoms with van der Waals surface area (Å²) < 4.78 is 1.91. The van der Waals surface area contributed by atoms with Crippen LogP contribution in [0.2, 0.25) is 0 Å². The molecular formula is C15H20N6O. The molecule has 2 aromatic heterocycles. The molecule has 1 aliphatic rings. The maximum Gasteiger partial charge on any atom is 0.320 e. The van der Waals surface area contributed by atoms with E-state index in [0.717, 1.165) is 30.0 Å². The number of aryl methyl sites for hydroxylation is 1. The Morgan fingerprint density at radius 2 is 2.14 bits per heavy atom. The second kappa shape index (κ2) is 6.55. The van der Waals surface area contributed by atoms with E-state index >= 15 is 0 Å². The van der Waals surface area contributed by atoms with Gasteiger partial charge in [-0.1, -0.05) is 12.8 Å². The minimum Gasteiger partial charge on any atom is -0.332 e. The molecule has 7 heteroatoms. The molecule has 2 amide bonds. The summed E-state index contributed by atoms with van der Waals surface area (Å²) in [4.78, 5) is 20.4. The quantitative estimate of drug-likeness (QED) is 0.908. The van der Waals surface area contributed by atoms with E-state index in [1.807, 2.05) is 17.7 Å². The molecule has 7 nitrogen and oxygen atoms in total. The SMILES string of the molecule is Cc1cnc(CNC(=O)Nc2ccnn2C2CCCC2)cn1. The van der Waals surface area contributed by atoms with Gasteiger partial charge in [-0.3, -0.25) is 15.3 Å². The third-order valence-corrected chi connectivity index (χ3v) is 3.85. The van der Waals surface area contributed by atoms with Gasteiger partial charge in [-0.15, -0.1) is 0 Å². The van der Waals surface area contributed by atoms with Crippen molar-refractivity contribution < 1.29 is 4.79 Å². The van der Waals surface area contributed by atoms with E-state index < -0.39 is 0 Å². The highest BCUT2D eigenvalue weighted by molar-refractivity contribution is 5.88. The smallest absolute Gasteiger partial charge is 0.320 e. The molecule has 1 fully saturated rings. The lowest BCUT2D eigenvalue weighted by Gasteiger charge is -2.14. The van der Waals surface area contributed by atoms with Crippen LogP contribution in [0, 0.1) is 6.92 Å². The highest BCUT2D eigenvalue weighted by atomic mass is 16.2. The average Bonchev–Trinajstić information content (AvgIpc) is 3.17. The Morgan fingerprint density at radius 1 is 1.32 bits per heavy atom. The van der Waals surface area contributed by atoms with Gasteiger partial charge in [-0.2, -0.15) is 5.10 Å². The lowest BCUT2D eigenvalue weighted by atomic mass is 10.2. The number of anilines is 1. The van der Waals surface area contributed by atoms with Crippen molar-refractivity contribution in [3.8, 4) is 0 Å². The molecule has 2 heterocycles. The first-order chi connectivity index (χ1) is 10.7. The number of nitrogens with zero attached hydrogens (tertiary/aromatic N) is 4. The molecule has 0 aliphatic heterocycles. The molecule has 2 N–H and O–H groups in total. The lowest BCUT2D eigenvalue weighted by Crippen LogP contribution is -2.30. The Kier molecular flexibility index (Phi) is 4.32. The zero-order valence-corrected chi connectivity index (χ0v) is 12.6. The van der Waals surface area contributed by atoms with Crippen LogP contribution in [-0.2, 0) is 6.54 Å². The van der Waals surface area contributed by atoms with Crippen LogP contribution in [0.3, 0.4) is 0 Å². The number of rotatable bonds is 4. The van der Waals surface area contributed by atoms with Gasteiger partial charge in [0.15, 0.2) is 0 Å². The van der Waals surface area contributed by atoms with E-state index in [9.17, 15) is 4.79 Å². The number of nitrogens with one attached hydrogen (secondary N) is 2. The number of urea groups is 1. The van der Waals surface area contributed by atoms with Gasteiger partial charge in [0.25, 0.3) is 0 Å². The predicted molar refractivity (Wildman–Crippen MR) is 82.4 cm³/mol. The Bertz CT molecular complexity index is 630. The van der Waals surface area contributed by atoms with Crippen LogP contribution in [0.15, 0.2) is 24.7 Å². The largest absolute Gasteiger partial charge is 0.332 e. The summed E-state index contributed by atoms with van der Waals surface area (Å²) in [6.07, 6.45) is 9.76. The maximum atomic E-state index is 12.0. The van der Waals surface area contributed by atoms with Crippen LogP contribution >= 0.6 is 0 Å². The summed E-state index contributed by atoms with van der Waals surface area (Å²) in [7, 11) is 0. The molecule has 0 bridgehead atoms. The van der Waals surface area contributed by atoms with Gasteiger partial charge in [0, 0.05) is 12.3 Å². The molecule has 0 radical (unpaired) electrons. The van der Waals surface area contributed by atoms with Gasteiger partial charge in [0.1, 0.15) is 5.82 Å². The van der Waals surface area contributed by atoms with Crippen molar-refractivity contribution in [1.29, 1.82) is 0 Å². The van der Waals surface area contributed by atoms with E-state index in [2.05, 4.69) is 25.7 Å². The normalized spacial score (nSPS) is 15.0. The first kappa shape index (κ1) is 14.5. The van der Waals surface area contributed by atoms with Crippen LogP contribution in [-0.4, -0.2) is 25.8 Å². The standard InChI is InChI=1S/C15H20N6O/c1-11-8-17-12(9-16-11)10-18-15(22)20-14-6-7-19-21(14)13-4-2-3-5-13/h6-9,13H,2-5,10H2,1H3,(H2,18,20,22). The molecule has 0 spiro atoms. The van der Waals surface area contributed by atoms with Gasteiger partial charge in [0.2, 0.25) is 0 Å². The minimum atomic E-state index is -0.262. The van der Waals surface area contributed by atoms with Gasteiger partial charge in [-0.05, 0) is 19.8 Å². The maximum absolute atomic E-state index is 12.0. The molecule has 2 aromatic rings. The van der Waals surface area contributed by atoms with Gasteiger partial charge < -0.3 is 5.32 Å². The van der Waals surface area contributed by atoms with Crippen molar-refractivity contribution in [3.63, 3.8) is 0 Å².